The van der Waals surface area contributed by atoms with Gasteiger partial charge in [0.15, 0.2) is 0 Å². The Morgan fingerprint density at radius 2 is 2.44 bits per heavy atom. The van der Waals surface area contributed by atoms with Crippen LogP contribution in [0.1, 0.15) is 19.8 Å². The number of halogens is 1. The van der Waals surface area contributed by atoms with Crippen LogP contribution in [-0.4, -0.2) is 42.8 Å². The molecular formula is C12H19BrN4O. The highest BCUT2D eigenvalue weighted by atomic mass is 79.9. The van der Waals surface area contributed by atoms with Crippen molar-refractivity contribution in [3.63, 3.8) is 0 Å². The summed E-state index contributed by atoms with van der Waals surface area (Å²) in [6, 6.07) is 0.545. The van der Waals surface area contributed by atoms with Crippen LogP contribution in [0, 0.1) is 0 Å². The van der Waals surface area contributed by atoms with Crippen LogP contribution in [0.4, 0.5) is 5.95 Å². The minimum atomic E-state index is 0.545. The van der Waals surface area contributed by atoms with Crippen molar-refractivity contribution in [2.24, 2.45) is 0 Å². The minimum Gasteiger partial charge on any atom is -0.480 e. The molecule has 0 aromatic carbocycles. The highest BCUT2D eigenvalue weighted by Crippen LogP contribution is 2.23. The Morgan fingerprint density at radius 3 is 3.06 bits per heavy atom. The van der Waals surface area contributed by atoms with Crippen molar-refractivity contribution in [3.8, 4) is 5.88 Å². The molecule has 1 aromatic rings. The molecule has 1 saturated heterocycles. The molecule has 1 N–H and O–H groups in total. The summed E-state index contributed by atoms with van der Waals surface area (Å²) in [4.78, 5) is 11.0. The SMILES string of the molecule is CCN(CC1CCCN1)c1ncc(Br)c(OC)n1. The Balaban J connectivity index is 2.10. The van der Waals surface area contributed by atoms with E-state index in [1.165, 1.54) is 12.8 Å². The Kier molecular flexibility index (Phi) is 4.77. The van der Waals surface area contributed by atoms with Crippen LogP contribution in [-0.2, 0) is 0 Å². The zero-order valence-corrected chi connectivity index (χ0v) is 12.4. The van der Waals surface area contributed by atoms with Crippen LogP contribution in [0.3, 0.4) is 0 Å². The van der Waals surface area contributed by atoms with Gasteiger partial charge in [-0.25, -0.2) is 4.98 Å². The van der Waals surface area contributed by atoms with Gasteiger partial charge in [0.05, 0.1) is 17.8 Å². The van der Waals surface area contributed by atoms with Crippen LogP contribution in [0.25, 0.3) is 0 Å². The summed E-state index contributed by atoms with van der Waals surface area (Å²) in [6.07, 6.45) is 4.23. The number of nitrogens with zero attached hydrogens (tertiary/aromatic N) is 3. The van der Waals surface area contributed by atoms with Gasteiger partial charge in [-0.2, -0.15) is 4.98 Å². The van der Waals surface area contributed by atoms with E-state index in [0.717, 1.165) is 30.1 Å². The predicted octanol–water partition coefficient (Wildman–Crippen LogP) is 1.83. The van der Waals surface area contributed by atoms with Gasteiger partial charge in [0.2, 0.25) is 11.8 Å². The van der Waals surface area contributed by atoms with Gasteiger partial charge in [0, 0.05) is 19.1 Å². The third-order valence-electron chi connectivity index (χ3n) is 3.16. The molecule has 2 heterocycles. The molecule has 1 aromatic heterocycles. The van der Waals surface area contributed by atoms with E-state index in [1.807, 2.05) is 0 Å². The summed E-state index contributed by atoms with van der Waals surface area (Å²) >= 11 is 3.37. The molecule has 2 rings (SSSR count). The summed E-state index contributed by atoms with van der Waals surface area (Å²) in [6.45, 7) is 5.07. The molecule has 100 valence electrons. The van der Waals surface area contributed by atoms with Gasteiger partial charge >= 0.3 is 0 Å². The molecular weight excluding hydrogens is 296 g/mol. The van der Waals surface area contributed by atoms with Gasteiger partial charge in [-0.15, -0.1) is 0 Å². The summed E-state index contributed by atoms with van der Waals surface area (Å²) in [5.41, 5.74) is 0. The zero-order valence-electron chi connectivity index (χ0n) is 10.8. The molecule has 1 aliphatic heterocycles. The highest BCUT2D eigenvalue weighted by Gasteiger charge is 2.19. The number of hydrogen-bond donors (Lipinski definition) is 1. The summed E-state index contributed by atoms with van der Waals surface area (Å²) < 4.78 is 5.99. The lowest BCUT2D eigenvalue weighted by atomic mass is 10.2. The monoisotopic (exact) mass is 314 g/mol. The first-order valence-corrected chi connectivity index (χ1v) is 7.08. The standard InChI is InChI=1S/C12H19BrN4O/c1-3-17(8-9-5-4-6-14-9)12-15-7-10(13)11(16-12)18-2/h7,9,14H,3-6,8H2,1-2H3. The van der Waals surface area contributed by atoms with Gasteiger partial charge in [-0.1, -0.05) is 0 Å². The number of ether oxygens (including phenoxy) is 1. The molecule has 0 spiro atoms. The first-order valence-electron chi connectivity index (χ1n) is 6.29. The number of anilines is 1. The quantitative estimate of drug-likeness (QED) is 0.898. The molecule has 0 bridgehead atoms. The molecule has 0 saturated carbocycles. The second-order valence-corrected chi connectivity index (χ2v) is 5.21. The third-order valence-corrected chi connectivity index (χ3v) is 3.70. The van der Waals surface area contributed by atoms with Crippen molar-refractivity contribution in [3.05, 3.63) is 10.7 Å². The molecule has 18 heavy (non-hydrogen) atoms. The van der Waals surface area contributed by atoms with E-state index in [-0.39, 0.29) is 0 Å². The molecule has 0 amide bonds. The summed E-state index contributed by atoms with van der Waals surface area (Å²) in [7, 11) is 1.62. The van der Waals surface area contributed by atoms with Gasteiger partial charge in [0.1, 0.15) is 0 Å². The number of likely N-dealkylation sites (N-methyl/N-ethyl adjacent to an activating group) is 1. The average Bonchev–Trinajstić information content (AvgIpc) is 2.89. The first kappa shape index (κ1) is 13.5. The lowest BCUT2D eigenvalue weighted by Gasteiger charge is -2.24. The minimum absolute atomic E-state index is 0.545. The fourth-order valence-corrected chi connectivity index (χ4v) is 2.52. The van der Waals surface area contributed by atoms with Crippen molar-refractivity contribution in [1.29, 1.82) is 0 Å². The molecule has 0 aliphatic carbocycles. The molecule has 1 unspecified atom stereocenters. The van der Waals surface area contributed by atoms with Crippen molar-refractivity contribution >= 4 is 21.9 Å². The molecule has 1 aliphatic rings. The van der Waals surface area contributed by atoms with Crippen molar-refractivity contribution in [2.45, 2.75) is 25.8 Å². The van der Waals surface area contributed by atoms with Gasteiger partial charge in [-0.3, -0.25) is 0 Å². The van der Waals surface area contributed by atoms with E-state index >= 15 is 0 Å². The molecule has 0 radical (unpaired) electrons. The van der Waals surface area contributed by atoms with Crippen molar-refractivity contribution in [1.82, 2.24) is 15.3 Å². The second-order valence-electron chi connectivity index (χ2n) is 4.36. The Hall–Kier alpha value is -0.880. The van der Waals surface area contributed by atoms with Crippen molar-refractivity contribution < 1.29 is 4.74 Å². The number of hydrogen-bond acceptors (Lipinski definition) is 5. The first-order chi connectivity index (χ1) is 8.74. The van der Waals surface area contributed by atoms with E-state index in [2.05, 4.69) is 43.0 Å². The number of rotatable bonds is 5. The largest absolute Gasteiger partial charge is 0.480 e. The van der Waals surface area contributed by atoms with Gasteiger partial charge in [0.25, 0.3) is 0 Å². The van der Waals surface area contributed by atoms with E-state index in [4.69, 9.17) is 4.74 Å². The maximum Gasteiger partial charge on any atom is 0.232 e. The predicted molar refractivity (Wildman–Crippen MR) is 75.2 cm³/mol. The van der Waals surface area contributed by atoms with E-state index in [1.54, 1.807) is 13.3 Å². The molecule has 1 fully saturated rings. The van der Waals surface area contributed by atoms with Crippen LogP contribution < -0.4 is 15.0 Å². The van der Waals surface area contributed by atoms with Gasteiger partial charge < -0.3 is 15.0 Å². The van der Waals surface area contributed by atoms with Crippen LogP contribution >= 0.6 is 15.9 Å². The average molecular weight is 315 g/mol. The fourth-order valence-electron chi connectivity index (χ4n) is 2.17. The highest BCUT2D eigenvalue weighted by molar-refractivity contribution is 9.10. The Labute approximate surface area is 116 Å². The van der Waals surface area contributed by atoms with E-state index in [9.17, 15) is 0 Å². The second kappa shape index (κ2) is 6.33. The molecule has 6 heteroatoms. The van der Waals surface area contributed by atoms with Crippen LogP contribution in [0.2, 0.25) is 0 Å². The van der Waals surface area contributed by atoms with Crippen molar-refractivity contribution in [2.75, 3.05) is 31.6 Å². The number of nitrogens with one attached hydrogen (secondary N) is 1. The van der Waals surface area contributed by atoms with E-state index < -0.39 is 0 Å². The van der Waals surface area contributed by atoms with E-state index in [0.29, 0.717) is 11.9 Å². The number of methoxy groups -OCH3 is 1. The normalized spacial score (nSPS) is 18.9. The lowest BCUT2D eigenvalue weighted by Crippen LogP contribution is -2.38. The smallest absolute Gasteiger partial charge is 0.232 e. The maximum atomic E-state index is 5.21. The summed E-state index contributed by atoms with van der Waals surface area (Å²) in [5, 5.41) is 3.49. The van der Waals surface area contributed by atoms with Crippen LogP contribution in [0.5, 0.6) is 5.88 Å². The molecule has 5 nitrogen and oxygen atoms in total. The molecule has 1 atom stereocenters. The zero-order chi connectivity index (χ0) is 13.0. The lowest BCUT2D eigenvalue weighted by molar-refractivity contribution is 0.393. The summed E-state index contributed by atoms with van der Waals surface area (Å²) in [5.74, 6) is 1.31. The number of aromatic nitrogens is 2. The van der Waals surface area contributed by atoms with Gasteiger partial charge in [-0.05, 0) is 42.2 Å². The topological polar surface area (TPSA) is 50.3 Å². The Bertz CT molecular complexity index is 396. The third kappa shape index (κ3) is 3.11. The Morgan fingerprint density at radius 1 is 1.61 bits per heavy atom. The fraction of sp³-hybridized carbons (Fsp3) is 0.667. The maximum absolute atomic E-state index is 5.21. The van der Waals surface area contributed by atoms with Crippen LogP contribution in [0.15, 0.2) is 10.7 Å².